The Morgan fingerprint density at radius 3 is 1.81 bits per heavy atom. The van der Waals surface area contributed by atoms with Crippen molar-refractivity contribution in [1.82, 2.24) is 0 Å². The monoisotopic (exact) mass is 506 g/mol. The average molecular weight is 507 g/mol. The highest BCUT2D eigenvalue weighted by atomic mass is 19.3. The predicted molar refractivity (Wildman–Crippen MR) is 134 cm³/mol. The van der Waals surface area contributed by atoms with Crippen LogP contribution in [-0.2, 0) is 12.5 Å². The Kier molecular flexibility index (Phi) is 9.19. The molecule has 0 bridgehead atoms. The van der Waals surface area contributed by atoms with Gasteiger partial charge in [-0.25, -0.2) is 0 Å². The van der Waals surface area contributed by atoms with Crippen LogP contribution in [0.2, 0.25) is 0 Å². The molecule has 2 saturated carbocycles. The second kappa shape index (κ2) is 12.3. The molecule has 0 amide bonds. The minimum absolute atomic E-state index is 0.113. The van der Waals surface area contributed by atoms with E-state index in [1.54, 1.807) is 12.1 Å². The fourth-order valence-electron chi connectivity index (χ4n) is 6.15. The fourth-order valence-corrected chi connectivity index (χ4v) is 6.15. The van der Waals surface area contributed by atoms with Crippen LogP contribution in [0.5, 0.6) is 11.5 Å². The van der Waals surface area contributed by atoms with E-state index in [1.807, 2.05) is 0 Å². The number of hydrogen-bond acceptors (Lipinski definition) is 2. The number of aryl methyl sites for hydroxylation is 1. The molecule has 4 rings (SSSR count). The van der Waals surface area contributed by atoms with Crippen LogP contribution in [0.15, 0.2) is 48.5 Å². The van der Waals surface area contributed by atoms with Gasteiger partial charge in [-0.15, -0.1) is 0 Å². The Bertz CT molecular complexity index is 913. The van der Waals surface area contributed by atoms with Crippen LogP contribution in [0, 0.1) is 23.7 Å². The van der Waals surface area contributed by atoms with Crippen LogP contribution in [0.3, 0.4) is 0 Å². The molecule has 0 N–H and O–H groups in total. The lowest BCUT2D eigenvalue weighted by Gasteiger charge is -2.37. The molecule has 0 aromatic heterocycles. The SMILES string of the molecule is CCC1CCC(C2CCC(CCc3ccc(C(F)(F)Oc4ccc(OC(F)F)cc4)cc3)CC2)CC1. The normalized spacial score (nSPS) is 25.1. The minimum atomic E-state index is -3.53. The topological polar surface area (TPSA) is 18.5 Å². The standard InChI is InChI=1S/C30H38F4O2/c1-2-21-5-11-24(12-6-21)25-13-7-22(8-14-25)3-4-23-9-15-26(16-10-23)30(33,34)36-28-19-17-27(18-20-28)35-29(31)32/h9-10,15-22,24-25,29H,2-8,11-14H2,1H3. The second-order valence-corrected chi connectivity index (χ2v) is 10.7. The highest BCUT2D eigenvalue weighted by Crippen LogP contribution is 2.42. The van der Waals surface area contributed by atoms with Gasteiger partial charge in [-0.05, 0) is 104 Å². The smallest absolute Gasteiger partial charge is 0.426 e. The van der Waals surface area contributed by atoms with E-state index in [0.29, 0.717) is 0 Å². The molecule has 0 aliphatic heterocycles. The van der Waals surface area contributed by atoms with Crippen LogP contribution >= 0.6 is 0 Å². The first kappa shape index (κ1) is 26.8. The number of ether oxygens (including phenoxy) is 2. The summed E-state index contributed by atoms with van der Waals surface area (Å²) >= 11 is 0. The van der Waals surface area contributed by atoms with E-state index in [2.05, 4.69) is 11.7 Å². The van der Waals surface area contributed by atoms with Gasteiger partial charge in [0, 0.05) is 0 Å². The van der Waals surface area contributed by atoms with Crippen molar-refractivity contribution in [2.24, 2.45) is 23.7 Å². The average Bonchev–Trinajstić information content (AvgIpc) is 2.89. The van der Waals surface area contributed by atoms with Gasteiger partial charge < -0.3 is 9.47 Å². The summed E-state index contributed by atoms with van der Waals surface area (Å²) in [5.41, 5.74) is 0.820. The molecule has 2 aromatic carbocycles. The summed E-state index contributed by atoms with van der Waals surface area (Å²) in [7, 11) is 0. The van der Waals surface area contributed by atoms with E-state index in [1.165, 1.54) is 94.2 Å². The molecule has 2 fully saturated rings. The lowest BCUT2D eigenvalue weighted by atomic mass is 9.68. The van der Waals surface area contributed by atoms with Gasteiger partial charge >= 0.3 is 12.7 Å². The fraction of sp³-hybridized carbons (Fsp3) is 0.600. The zero-order valence-electron chi connectivity index (χ0n) is 21.1. The summed E-state index contributed by atoms with van der Waals surface area (Å²) in [5, 5.41) is 0. The number of rotatable bonds is 10. The Hall–Kier alpha value is -2.24. The first-order valence-corrected chi connectivity index (χ1v) is 13.5. The largest absolute Gasteiger partial charge is 0.435 e. The van der Waals surface area contributed by atoms with Crippen LogP contribution in [-0.4, -0.2) is 6.61 Å². The van der Waals surface area contributed by atoms with Gasteiger partial charge in [0.05, 0.1) is 5.56 Å². The molecule has 198 valence electrons. The molecule has 6 heteroatoms. The number of halogens is 4. The highest BCUT2D eigenvalue weighted by molar-refractivity contribution is 5.32. The van der Waals surface area contributed by atoms with Crippen molar-refractivity contribution in [3.05, 3.63) is 59.7 Å². The maximum atomic E-state index is 14.6. The molecule has 0 saturated heterocycles. The summed E-state index contributed by atoms with van der Waals surface area (Å²) in [4.78, 5) is 0. The van der Waals surface area contributed by atoms with Crippen molar-refractivity contribution in [3.63, 3.8) is 0 Å². The maximum absolute atomic E-state index is 14.6. The van der Waals surface area contributed by atoms with Crippen LogP contribution in [0.4, 0.5) is 17.6 Å². The van der Waals surface area contributed by atoms with Crippen molar-refractivity contribution >= 4 is 0 Å². The first-order valence-electron chi connectivity index (χ1n) is 13.5. The molecule has 0 heterocycles. The predicted octanol–water partition coefficient (Wildman–Crippen LogP) is 9.37. The summed E-state index contributed by atoms with van der Waals surface area (Å²) in [6, 6.07) is 11.0. The number of hydrogen-bond donors (Lipinski definition) is 0. The van der Waals surface area contributed by atoms with Crippen LogP contribution in [0.1, 0.15) is 82.3 Å². The quantitative estimate of drug-likeness (QED) is 0.299. The third-order valence-corrected chi connectivity index (χ3v) is 8.45. The zero-order chi connectivity index (χ0) is 25.5. The zero-order valence-corrected chi connectivity index (χ0v) is 21.1. The lowest BCUT2D eigenvalue weighted by Crippen LogP contribution is -2.25. The van der Waals surface area contributed by atoms with Gasteiger partial charge in [-0.3, -0.25) is 0 Å². The molecule has 36 heavy (non-hydrogen) atoms. The summed E-state index contributed by atoms with van der Waals surface area (Å²) in [5.74, 6) is 3.30. The van der Waals surface area contributed by atoms with E-state index in [9.17, 15) is 17.6 Å². The molecule has 2 nitrogen and oxygen atoms in total. The summed E-state index contributed by atoms with van der Waals surface area (Å²) in [6.45, 7) is -0.649. The molecule has 2 aliphatic carbocycles. The third kappa shape index (κ3) is 7.39. The summed E-state index contributed by atoms with van der Waals surface area (Å²) < 4.78 is 62.8. The van der Waals surface area contributed by atoms with Gasteiger partial charge in [-0.1, -0.05) is 51.2 Å². The number of benzene rings is 2. The molecular formula is C30H38F4O2. The second-order valence-electron chi connectivity index (χ2n) is 10.7. The van der Waals surface area contributed by atoms with Crippen molar-refractivity contribution in [1.29, 1.82) is 0 Å². The lowest BCUT2D eigenvalue weighted by molar-refractivity contribution is -0.185. The van der Waals surface area contributed by atoms with E-state index in [0.717, 1.165) is 42.1 Å². The van der Waals surface area contributed by atoms with Crippen molar-refractivity contribution < 1.29 is 27.0 Å². The molecule has 0 radical (unpaired) electrons. The minimum Gasteiger partial charge on any atom is -0.435 e. The molecule has 0 spiro atoms. The van der Waals surface area contributed by atoms with Crippen molar-refractivity contribution in [2.45, 2.75) is 90.3 Å². The highest BCUT2D eigenvalue weighted by Gasteiger charge is 2.34. The maximum Gasteiger partial charge on any atom is 0.426 e. The molecular weight excluding hydrogens is 468 g/mol. The van der Waals surface area contributed by atoms with E-state index in [4.69, 9.17) is 4.74 Å². The first-order chi connectivity index (χ1) is 17.3. The Labute approximate surface area is 212 Å². The van der Waals surface area contributed by atoms with Gasteiger partial charge in [-0.2, -0.15) is 17.6 Å². The van der Waals surface area contributed by atoms with Crippen molar-refractivity contribution in [3.8, 4) is 11.5 Å². The van der Waals surface area contributed by atoms with Gasteiger partial charge in [0.15, 0.2) is 0 Å². The molecule has 2 aromatic rings. The van der Waals surface area contributed by atoms with Gasteiger partial charge in [0.25, 0.3) is 0 Å². The Morgan fingerprint density at radius 2 is 1.28 bits per heavy atom. The third-order valence-electron chi connectivity index (χ3n) is 8.45. The van der Waals surface area contributed by atoms with Gasteiger partial charge in [0.1, 0.15) is 11.5 Å². The van der Waals surface area contributed by atoms with E-state index < -0.39 is 12.7 Å². The van der Waals surface area contributed by atoms with Crippen LogP contribution in [0.25, 0.3) is 0 Å². The van der Waals surface area contributed by atoms with Crippen molar-refractivity contribution in [2.75, 3.05) is 0 Å². The Morgan fingerprint density at radius 1 is 0.750 bits per heavy atom. The van der Waals surface area contributed by atoms with Gasteiger partial charge in [0.2, 0.25) is 0 Å². The number of alkyl halides is 4. The summed E-state index contributed by atoms with van der Waals surface area (Å²) in [6.07, 6.45) is 10.8. The Balaban J connectivity index is 1.21. The molecule has 2 aliphatic rings. The van der Waals surface area contributed by atoms with Crippen LogP contribution < -0.4 is 9.47 Å². The van der Waals surface area contributed by atoms with E-state index in [-0.39, 0.29) is 17.1 Å². The molecule has 0 unspecified atom stereocenters. The van der Waals surface area contributed by atoms with E-state index >= 15 is 0 Å². The molecule has 0 atom stereocenters.